The zero-order chi connectivity index (χ0) is 14.4. The lowest BCUT2D eigenvalue weighted by Gasteiger charge is -2.25. The largest absolute Gasteiger partial charge is 0.383 e. The number of amides is 1. The molecule has 1 fully saturated rings. The van der Waals surface area contributed by atoms with Gasteiger partial charge in [-0.2, -0.15) is 0 Å². The fourth-order valence-corrected chi connectivity index (χ4v) is 2.06. The number of methoxy groups -OCH3 is 1. The van der Waals surface area contributed by atoms with Crippen LogP contribution in [0.4, 0.5) is 0 Å². The van der Waals surface area contributed by atoms with Crippen LogP contribution in [0.25, 0.3) is 0 Å². The van der Waals surface area contributed by atoms with Gasteiger partial charge in [-0.05, 0) is 6.92 Å². The third-order valence-electron chi connectivity index (χ3n) is 3.07. The molecule has 1 aliphatic rings. The van der Waals surface area contributed by atoms with Crippen LogP contribution in [-0.4, -0.2) is 62.0 Å². The van der Waals surface area contributed by atoms with Gasteiger partial charge in [-0.1, -0.05) is 5.16 Å². The number of hydrogen-bond donors (Lipinski definition) is 1. The van der Waals surface area contributed by atoms with Gasteiger partial charge in [0.05, 0.1) is 26.4 Å². The molecule has 1 saturated heterocycles. The fraction of sp³-hybridized carbons (Fsp3) is 0.692. The van der Waals surface area contributed by atoms with Crippen molar-refractivity contribution in [3.05, 3.63) is 17.5 Å². The molecule has 0 bridgehead atoms. The van der Waals surface area contributed by atoms with E-state index in [1.807, 2.05) is 6.92 Å². The van der Waals surface area contributed by atoms with Crippen molar-refractivity contribution in [2.45, 2.75) is 19.5 Å². The Morgan fingerprint density at radius 1 is 1.55 bits per heavy atom. The van der Waals surface area contributed by atoms with Crippen LogP contribution >= 0.6 is 0 Å². The molecule has 1 aromatic rings. The number of ether oxygens (including phenoxy) is 2. The van der Waals surface area contributed by atoms with E-state index in [9.17, 15) is 4.79 Å². The first-order valence-electron chi connectivity index (χ1n) is 6.74. The van der Waals surface area contributed by atoms with Gasteiger partial charge in [0.15, 0.2) is 11.5 Å². The van der Waals surface area contributed by atoms with Crippen molar-refractivity contribution < 1.29 is 18.8 Å². The highest BCUT2D eigenvalue weighted by Gasteiger charge is 2.17. The number of rotatable bonds is 6. The summed E-state index contributed by atoms with van der Waals surface area (Å²) in [5.41, 5.74) is 0.302. The first-order chi connectivity index (χ1) is 9.69. The normalized spacial score (nSPS) is 17.9. The fourth-order valence-electron chi connectivity index (χ4n) is 2.06. The number of hydrogen-bond acceptors (Lipinski definition) is 6. The number of nitrogens with one attached hydrogen (secondary N) is 1. The second-order valence-corrected chi connectivity index (χ2v) is 4.90. The van der Waals surface area contributed by atoms with Crippen LogP contribution in [0, 0.1) is 0 Å². The predicted octanol–water partition coefficient (Wildman–Crippen LogP) is 0.272. The van der Waals surface area contributed by atoms with Gasteiger partial charge in [0, 0.05) is 32.3 Å². The summed E-state index contributed by atoms with van der Waals surface area (Å²) < 4.78 is 15.5. The number of morpholine rings is 1. The number of aromatic nitrogens is 1. The Labute approximate surface area is 118 Å². The first-order valence-corrected chi connectivity index (χ1v) is 6.74. The molecule has 1 aromatic heterocycles. The molecule has 2 heterocycles. The molecule has 1 atom stereocenters. The molecule has 7 nitrogen and oxygen atoms in total. The SMILES string of the molecule is COCC(C)NC(=O)c1cc(CN2CCOCC2)on1. The van der Waals surface area contributed by atoms with E-state index >= 15 is 0 Å². The van der Waals surface area contributed by atoms with Gasteiger partial charge in [0.1, 0.15) is 0 Å². The Morgan fingerprint density at radius 3 is 3.00 bits per heavy atom. The summed E-state index contributed by atoms with van der Waals surface area (Å²) in [7, 11) is 1.60. The van der Waals surface area contributed by atoms with Crippen LogP contribution < -0.4 is 5.32 Å². The maximum Gasteiger partial charge on any atom is 0.273 e. The third-order valence-corrected chi connectivity index (χ3v) is 3.07. The van der Waals surface area contributed by atoms with Gasteiger partial charge in [0.25, 0.3) is 5.91 Å². The lowest BCUT2D eigenvalue weighted by molar-refractivity contribution is 0.0305. The monoisotopic (exact) mass is 283 g/mol. The summed E-state index contributed by atoms with van der Waals surface area (Å²) in [5, 5.41) is 6.60. The van der Waals surface area contributed by atoms with Gasteiger partial charge in [0.2, 0.25) is 0 Å². The van der Waals surface area contributed by atoms with Crippen molar-refractivity contribution in [2.24, 2.45) is 0 Å². The first kappa shape index (κ1) is 15.0. The second-order valence-electron chi connectivity index (χ2n) is 4.90. The second kappa shape index (κ2) is 7.37. The number of nitrogens with zero attached hydrogens (tertiary/aromatic N) is 2. The van der Waals surface area contributed by atoms with Crippen LogP contribution in [0.5, 0.6) is 0 Å². The number of carbonyl (C=O) groups is 1. The molecular weight excluding hydrogens is 262 g/mol. The van der Waals surface area contributed by atoms with E-state index in [2.05, 4.69) is 15.4 Å². The average Bonchev–Trinajstić information content (AvgIpc) is 2.89. The van der Waals surface area contributed by atoms with E-state index in [0.717, 1.165) is 26.3 Å². The summed E-state index contributed by atoms with van der Waals surface area (Å²) >= 11 is 0. The average molecular weight is 283 g/mol. The molecular formula is C13H21N3O4. The molecule has 1 N–H and O–H groups in total. The smallest absolute Gasteiger partial charge is 0.273 e. The van der Waals surface area contributed by atoms with Crippen LogP contribution in [0.15, 0.2) is 10.6 Å². The molecule has 0 radical (unpaired) electrons. The molecule has 1 aliphatic heterocycles. The maximum atomic E-state index is 11.9. The van der Waals surface area contributed by atoms with E-state index in [0.29, 0.717) is 24.6 Å². The maximum absolute atomic E-state index is 11.9. The number of carbonyl (C=O) groups excluding carboxylic acids is 1. The third kappa shape index (κ3) is 4.29. The highest BCUT2D eigenvalue weighted by molar-refractivity contribution is 5.92. The van der Waals surface area contributed by atoms with Crippen molar-refractivity contribution in [3.63, 3.8) is 0 Å². The Morgan fingerprint density at radius 2 is 2.30 bits per heavy atom. The molecule has 0 aliphatic carbocycles. The zero-order valence-corrected chi connectivity index (χ0v) is 11.9. The Balaban J connectivity index is 1.86. The Kier molecular flexibility index (Phi) is 5.51. The summed E-state index contributed by atoms with van der Waals surface area (Å²) in [4.78, 5) is 14.1. The van der Waals surface area contributed by atoms with Crippen LogP contribution in [-0.2, 0) is 16.0 Å². The van der Waals surface area contributed by atoms with Crippen molar-refractivity contribution in [1.82, 2.24) is 15.4 Å². The molecule has 2 rings (SSSR count). The molecule has 0 spiro atoms. The van der Waals surface area contributed by atoms with E-state index in [1.54, 1.807) is 13.2 Å². The summed E-state index contributed by atoms with van der Waals surface area (Å²) in [6.07, 6.45) is 0. The molecule has 7 heteroatoms. The highest BCUT2D eigenvalue weighted by atomic mass is 16.5. The molecule has 1 amide bonds. The van der Waals surface area contributed by atoms with E-state index < -0.39 is 0 Å². The lowest BCUT2D eigenvalue weighted by Crippen LogP contribution is -2.36. The van der Waals surface area contributed by atoms with Gasteiger partial charge < -0.3 is 19.3 Å². The minimum absolute atomic E-state index is 0.0631. The summed E-state index contributed by atoms with van der Waals surface area (Å²) in [6, 6.07) is 1.62. The molecule has 20 heavy (non-hydrogen) atoms. The lowest BCUT2D eigenvalue weighted by atomic mass is 10.3. The molecule has 0 aromatic carbocycles. The van der Waals surface area contributed by atoms with Gasteiger partial charge in [-0.25, -0.2) is 0 Å². The van der Waals surface area contributed by atoms with Crippen LogP contribution in [0.3, 0.4) is 0 Å². The van der Waals surface area contributed by atoms with Gasteiger partial charge in [-0.15, -0.1) is 0 Å². The molecule has 112 valence electrons. The zero-order valence-electron chi connectivity index (χ0n) is 11.9. The van der Waals surface area contributed by atoms with Crippen molar-refractivity contribution in [1.29, 1.82) is 0 Å². The highest BCUT2D eigenvalue weighted by Crippen LogP contribution is 2.09. The Bertz CT molecular complexity index is 429. The van der Waals surface area contributed by atoms with Crippen molar-refractivity contribution >= 4 is 5.91 Å². The van der Waals surface area contributed by atoms with Gasteiger partial charge in [-0.3, -0.25) is 9.69 Å². The topological polar surface area (TPSA) is 76.8 Å². The molecule has 0 saturated carbocycles. The summed E-state index contributed by atoms with van der Waals surface area (Å²) in [6.45, 7) is 6.18. The molecule has 1 unspecified atom stereocenters. The van der Waals surface area contributed by atoms with E-state index in [-0.39, 0.29) is 11.9 Å². The van der Waals surface area contributed by atoms with Gasteiger partial charge >= 0.3 is 0 Å². The van der Waals surface area contributed by atoms with Crippen LogP contribution in [0.1, 0.15) is 23.2 Å². The van der Waals surface area contributed by atoms with Crippen LogP contribution in [0.2, 0.25) is 0 Å². The standard InChI is InChI=1S/C13H21N3O4/c1-10(9-18-2)14-13(17)12-7-11(20-15-12)8-16-3-5-19-6-4-16/h7,10H,3-6,8-9H2,1-2H3,(H,14,17). The van der Waals surface area contributed by atoms with E-state index in [1.165, 1.54) is 0 Å². The minimum Gasteiger partial charge on any atom is -0.383 e. The van der Waals surface area contributed by atoms with Crippen molar-refractivity contribution in [2.75, 3.05) is 40.0 Å². The van der Waals surface area contributed by atoms with Crippen molar-refractivity contribution in [3.8, 4) is 0 Å². The summed E-state index contributed by atoms with van der Waals surface area (Å²) in [5.74, 6) is 0.447. The Hall–Kier alpha value is -1.44. The minimum atomic E-state index is -0.244. The quantitative estimate of drug-likeness (QED) is 0.807. The van der Waals surface area contributed by atoms with E-state index in [4.69, 9.17) is 14.0 Å². The predicted molar refractivity (Wildman–Crippen MR) is 71.4 cm³/mol.